The molecule has 110 valence electrons. The summed E-state index contributed by atoms with van der Waals surface area (Å²) in [6.45, 7) is 5.65. The SMILES string of the molecule is CN(CC(=O)NC(C)(C)C)C(=O)c1cc(Br)ccc1Cl. The monoisotopic (exact) mass is 360 g/mol. The predicted molar refractivity (Wildman–Crippen MR) is 84.0 cm³/mol. The lowest BCUT2D eigenvalue weighted by molar-refractivity contribution is -0.122. The van der Waals surface area contributed by atoms with Crippen molar-refractivity contribution in [1.82, 2.24) is 10.2 Å². The van der Waals surface area contributed by atoms with Gasteiger partial charge >= 0.3 is 0 Å². The molecule has 0 aliphatic heterocycles. The highest BCUT2D eigenvalue weighted by Gasteiger charge is 2.20. The molecule has 2 amide bonds. The van der Waals surface area contributed by atoms with E-state index in [1.807, 2.05) is 20.8 Å². The van der Waals surface area contributed by atoms with Crippen LogP contribution in [0.25, 0.3) is 0 Å². The zero-order chi connectivity index (χ0) is 15.5. The number of rotatable bonds is 3. The van der Waals surface area contributed by atoms with Crippen LogP contribution in [0.1, 0.15) is 31.1 Å². The van der Waals surface area contributed by atoms with Gasteiger partial charge in [0.1, 0.15) is 0 Å². The Morgan fingerprint density at radius 1 is 1.35 bits per heavy atom. The van der Waals surface area contributed by atoms with E-state index < -0.39 is 0 Å². The van der Waals surface area contributed by atoms with E-state index in [0.29, 0.717) is 10.6 Å². The lowest BCUT2D eigenvalue weighted by Gasteiger charge is -2.23. The molecule has 0 bridgehead atoms. The molecule has 1 aromatic rings. The molecule has 0 aromatic heterocycles. The van der Waals surface area contributed by atoms with Gasteiger partial charge in [-0.3, -0.25) is 9.59 Å². The standard InChI is InChI=1S/C14H18BrClN2O2/c1-14(2,3)17-12(19)8-18(4)13(20)10-7-9(15)5-6-11(10)16/h5-7H,8H2,1-4H3,(H,17,19). The van der Waals surface area contributed by atoms with Crippen LogP contribution < -0.4 is 5.32 Å². The molecule has 0 saturated carbocycles. The first-order chi connectivity index (χ1) is 9.10. The van der Waals surface area contributed by atoms with Crippen molar-refractivity contribution < 1.29 is 9.59 Å². The van der Waals surface area contributed by atoms with Gasteiger partial charge in [-0.05, 0) is 39.0 Å². The minimum atomic E-state index is -0.325. The van der Waals surface area contributed by atoms with Crippen molar-refractivity contribution in [3.8, 4) is 0 Å². The number of benzene rings is 1. The second kappa shape index (κ2) is 6.59. The fourth-order valence-electron chi connectivity index (χ4n) is 1.61. The largest absolute Gasteiger partial charge is 0.350 e. The summed E-state index contributed by atoms with van der Waals surface area (Å²) in [5.74, 6) is -0.500. The summed E-state index contributed by atoms with van der Waals surface area (Å²) in [5, 5.41) is 3.17. The molecule has 20 heavy (non-hydrogen) atoms. The van der Waals surface area contributed by atoms with Crippen molar-refractivity contribution in [3.63, 3.8) is 0 Å². The van der Waals surface area contributed by atoms with Gasteiger partial charge in [-0.25, -0.2) is 0 Å². The second-order valence-electron chi connectivity index (χ2n) is 5.58. The number of nitrogens with zero attached hydrogens (tertiary/aromatic N) is 1. The number of hydrogen-bond donors (Lipinski definition) is 1. The molecule has 6 heteroatoms. The Morgan fingerprint density at radius 3 is 2.50 bits per heavy atom. The number of carbonyl (C=O) groups excluding carboxylic acids is 2. The van der Waals surface area contributed by atoms with Crippen LogP contribution in [0.4, 0.5) is 0 Å². The third-order valence-corrected chi connectivity index (χ3v) is 3.22. The number of halogens is 2. The molecule has 0 aliphatic rings. The summed E-state index contributed by atoms with van der Waals surface area (Å²) in [6, 6.07) is 5.04. The van der Waals surface area contributed by atoms with Gasteiger partial charge in [-0.1, -0.05) is 27.5 Å². The first-order valence-electron chi connectivity index (χ1n) is 6.11. The molecule has 0 fully saturated rings. The van der Waals surface area contributed by atoms with Crippen molar-refractivity contribution in [1.29, 1.82) is 0 Å². The molecule has 0 radical (unpaired) electrons. The van der Waals surface area contributed by atoms with E-state index in [4.69, 9.17) is 11.6 Å². The van der Waals surface area contributed by atoms with Gasteiger partial charge < -0.3 is 10.2 Å². The maximum absolute atomic E-state index is 12.3. The van der Waals surface area contributed by atoms with Gasteiger partial charge in [0.2, 0.25) is 5.91 Å². The highest BCUT2D eigenvalue weighted by molar-refractivity contribution is 9.10. The lowest BCUT2D eigenvalue weighted by Crippen LogP contribution is -2.46. The molecule has 1 N–H and O–H groups in total. The molecule has 0 spiro atoms. The average molecular weight is 362 g/mol. The van der Waals surface area contributed by atoms with Gasteiger partial charge in [0.05, 0.1) is 17.1 Å². The number of hydrogen-bond acceptors (Lipinski definition) is 2. The van der Waals surface area contributed by atoms with Crippen molar-refractivity contribution in [2.45, 2.75) is 26.3 Å². The van der Waals surface area contributed by atoms with Gasteiger partial charge in [0, 0.05) is 17.1 Å². The minimum Gasteiger partial charge on any atom is -0.350 e. The lowest BCUT2D eigenvalue weighted by atomic mass is 10.1. The smallest absolute Gasteiger partial charge is 0.255 e. The summed E-state index contributed by atoms with van der Waals surface area (Å²) in [7, 11) is 1.57. The first kappa shape index (κ1) is 17.0. The van der Waals surface area contributed by atoms with Gasteiger partial charge in [0.15, 0.2) is 0 Å². The fraction of sp³-hybridized carbons (Fsp3) is 0.429. The summed E-state index contributed by atoms with van der Waals surface area (Å²) < 4.78 is 0.762. The van der Waals surface area contributed by atoms with Gasteiger partial charge in [-0.15, -0.1) is 0 Å². The van der Waals surface area contributed by atoms with Crippen LogP contribution in [-0.4, -0.2) is 35.8 Å². The Bertz CT molecular complexity index is 526. The van der Waals surface area contributed by atoms with Gasteiger partial charge in [-0.2, -0.15) is 0 Å². The number of amides is 2. The van der Waals surface area contributed by atoms with Crippen LogP contribution in [-0.2, 0) is 4.79 Å². The number of carbonyl (C=O) groups is 2. The zero-order valence-electron chi connectivity index (χ0n) is 12.0. The molecule has 0 saturated heterocycles. The fourth-order valence-corrected chi connectivity index (χ4v) is 2.17. The highest BCUT2D eigenvalue weighted by Crippen LogP contribution is 2.22. The van der Waals surface area contributed by atoms with E-state index in [0.717, 1.165) is 4.47 Å². The van der Waals surface area contributed by atoms with E-state index in [1.54, 1.807) is 25.2 Å². The maximum atomic E-state index is 12.3. The molecule has 0 aliphatic carbocycles. The molecule has 0 heterocycles. The van der Waals surface area contributed by atoms with Crippen LogP contribution in [0.5, 0.6) is 0 Å². The van der Waals surface area contributed by atoms with E-state index >= 15 is 0 Å². The summed E-state index contributed by atoms with van der Waals surface area (Å²) in [6.07, 6.45) is 0. The number of nitrogens with one attached hydrogen (secondary N) is 1. The third-order valence-electron chi connectivity index (χ3n) is 2.40. The quantitative estimate of drug-likeness (QED) is 0.899. The Morgan fingerprint density at radius 2 is 1.95 bits per heavy atom. The summed E-state index contributed by atoms with van der Waals surface area (Å²) >= 11 is 9.30. The Kier molecular flexibility index (Phi) is 5.59. The second-order valence-corrected chi connectivity index (χ2v) is 6.91. The van der Waals surface area contributed by atoms with Crippen LogP contribution in [0.15, 0.2) is 22.7 Å². The van der Waals surface area contributed by atoms with E-state index in [2.05, 4.69) is 21.2 Å². The van der Waals surface area contributed by atoms with Crippen LogP contribution in [0.3, 0.4) is 0 Å². The maximum Gasteiger partial charge on any atom is 0.255 e. The van der Waals surface area contributed by atoms with Crippen molar-refractivity contribution in [3.05, 3.63) is 33.3 Å². The Labute approximate surface area is 132 Å². The zero-order valence-corrected chi connectivity index (χ0v) is 14.3. The topological polar surface area (TPSA) is 49.4 Å². The van der Waals surface area contributed by atoms with Crippen molar-refractivity contribution >= 4 is 39.3 Å². The molecule has 0 atom stereocenters. The van der Waals surface area contributed by atoms with Crippen LogP contribution >= 0.6 is 27.5 Å². The van der Waals surface area contributed by atoms with Crippen LogP contribution in [0.2, 0.25) is 5.02 Å². The van der Waals surface area contributed by atoms with E-state index in [9.17, 15) is 9.59 Å². The third kappa shape index (κ3) is 5.13. The van der Waals surface area contributed by atoms with Crippen molar-refractivity contribution in [2.75, 3.05) is 13.6 Å². The molecular formula is C14H18BrClN2O2. The average Bonchev–Trinajstić information content (AvgIpc) is 2.28. The Hall–Kier alpha value is -1.07. The van der Waals surface area contributed by atoms with Crippen LogP contribution in [0, 0.1) is 0 Å². The molecule has 4 nitrogen and oxygen atoms in total. The molecule has 1 rings (SSSR count). The number of likely N-dealkylation sites (N-methyl/N-ethyl adjacent to an activating group) is 1. The van der Waals surface area contributed by atoms with Gasteiger partial charge in [0.25, 0.3) is 5.91 Å². The summed E-state index contributed by atoms with van der Waals surface area (Å²) in [4.78, 5) is 25.4. The van der Waals surface area contributed by atoms with E-state index in [-0.39, 0.29) is 23.9 Å². The summed E-state index contributed by atoms with van der Waals surface area (Å²) in [5.41, 5.74) is 0.0427. The van der Waals surface area contributed by atoms with Crippen molar-refractivity contribution in [2.24, 2.45) is 0 Å². The minimum absolute atomic E-state index is 0.0149. The predicted octanol–water partition coefficient (Wildman–Crippen LogP) is 3.09. The van der Waals surface area contributed by atoms with E-state index in [1.165, 1.54) is 4.90 Å². The normalized spacial score (nSPS) is 11.1. The molecular weight excluding hydrogens is 344 g/mol. The Balaban J connectivity index is 2.77. The molecule has 1 aromatic carbocycles. The molecule has 0 unspecified atom stereocenters. The highest BCUT2D eigenvalue weighted by atomic mass is 79.9. The first-order valence-corrected chi connectivity index (χ1v) is 7.29.